The van der Waals surface area contributed by atoms with Gasteiger partial charge in [0.15, 0.2) is 0 Å². The molecule has 0 spiro atoms. The third-order valence-electron chi connectivity index (χ3n) is 4.39. The molecule has 0 aliphatic rings. The molecule has 2 atom stereocenters. The number of carbonyl (C=O) groups excluding carboxylic acids is 2. The van der Waals surface area contributed by atoms with Crippen molar-refractivity contribution in [2.45, 2.75) is 66.0 Å². The maximum absolute atomic E-state index is 12.9. The van der Waals surface area contributed by atoms with Crippen LogP contribution in [0.3, 0.4) is 0 Å². The van der Waals surface area contributed by atoms with Crippen LogP contribution in [0.5, 0.6) is 0 Å². The molecule has 0 aliphatic heterocycles. The Balaban J connectivity index is 5.30. The van der Waals surface area contributed by atoms with Crippen molar-refractivity contribution in [1.29, 1.82) is 0 Å². The minimum atomic E-state index is -1.02. The van der Waals surface area contributed by atoms with Crippen LogP contribution in [0.2, 0.25) is 0 Å². The van der Waals surface area contributed by atoms with E-state index in [0.29, 0.717) is 6.42 Å². The predicted octanol–water partition coefficient (Wildman–Crippen LogP) is 2.96. The lowest BCUT2D eigenvalue weighted by Gasteiger charge is -2.38. The lowest BCUT2D eigenvalue weighted by Crippen LogP contribution is -2.54. The molecule has 0 fully saturated rings. The van der Waals surface area contributed by atoms with Crippen LogP contribution in [0.25, 0.3) is 0 Å². The molecule has 6 nitrogen and oxygen atoms in total. The van der Waals surface area contributed by atoms with E-state index < -0.39 is 17.6 Å². The summed E-state index contributed by atoms with van der Waals surface area (Å²) in [7, 11) is 1.51. The van der Waals surface area contributed by atoms with E-state index in [-0.39, 0.29) is 30.2 Å². The zero-order valence-corrected chi connectivity index (χ0v) is 18.4. The molecule has 0 radical (unpaired) electrons. The predicted molar refractivity (Wildman–Crippen MR) is 107 cm³/mol. The van der Waals surface area contributed by atoms with Gasteiger partial charge < -0.3 is 14.9 Å². The van der Waals surface area contributed by atoms with Gasteiger partial charge in [-0.3, -0.25) is 9.59 Å². The van der Waals surface area contributed by atoms with Crippen molar-refractivity contribution in [1.82, 2.24) is 9.80 Å². The first-order valence-electron chi connectivity index (χ1n) is 9.11. The Morgan fingerprint density at radius 3 is 2.04 bits per heavy atom. The van der Waals surface area contributed by atoms with Crippen LogP contribution in [-0.4, -0.2) is 69.9 Å². The second kappa shape index (κ2) is 10.8. The van der Waals surface area contributed by atoms with Gasteiger partial charge in [-0.1, -0.05) is 20.8 Å². The summed E-state index contributed by atoms with van der Waals surface area (Å²) < 4.78 is 0. The summed E-state index contributed by atoms with van der Waals surface area (Å²) in [6.07, 6.45) is 3.13. The Labute approximate surface area is 162 Å². The second-order valence-corrected chi connectivity index (χ2v) is 9.25. The maximum Gasteiger partial charge on any atom is 0.326 e. The molecule has 0 aromatic rings. The first-order valence-corrected chi connectivity index (χ1v) is 10.5. The molecule has 26 heavy (non-hydrogen) atoms. The highest BCUT2D eigenvalue weighted by Crippen LogP contribution is 2.20. The lowest BCUT2D eigenvalue weighted by molar-refractivity contribution is -0.153. The van der Waals surface area contributed by atoms with Crippen LogP contribution in [-0.2, 0) is 14.4 Å². The second-order valence-electron chi connectivity index (χ2n) is 8.27. The number of aliphatic carboxylic acids is 1. The van der Waals surface area contributed by atoms with E-state index in [4.69, 9.17) is 0 Å². The Morgan fingerprint density at radius 1 is 1.12 bits per heavy atom. The van der Waals surface area contributed by atoms with Crippen LogP contribution in [0, 0.1) is 11.8 Å². The monoisotopic (exact) mass is 388 g/mol. The Morgan fingerprint density at radius 2 is 1.65 bits per heavy atom. The molecule has 0 unspecified atom stereocenters. The summed E-state index contributed by atoms with van der Waals surface area (Å²) in [6.45, 7) is 11.3. The van der Waals surface area contributed by atoms with E-state index in [1.54, 1.807) is 16.7 Å². The average molecular weight is 389 g/mol. The fourth-order valence-corrected chi connectivity index (χ4v) is 3.21. The van der Waals surface area contributed by atoms with Gasteiger partial charge in [0.25, 0.3) is 0 Å². The number of nitrogens with zero attached hydrogens (tertiary/aromatic N) is 2. The molecule has 0 saturated carbocycles. The lowest BCUT2D eigenvalue weighted by atomic mass is 10.00. The number of carbonyl (C=O) groups is 3. The molecule has 0 aromatic carbocycles. The normalized spacial score (nSPS) is 14.0. The van der Waals surface area contributed by atoms with Crippen molar-refractivity contribution in [2.75, 3.05) is 25.6 Å². The molecule has 7 heteroatoms. The van der Waals surface area contributed by atoms with Gasteiger partial charge >= 0.3 is 5.97 Å². The fraction of sp³-hybridized carbons (Fsp3) is 0.842. The first-order chi connectivity index (χ1) is 11.8. The highest BCUT2D eigenvalue weighted by molar-refractivity contribution is 7.98. The molecule has 0 bridgehead atoms. The van der Waals surface area contributed by atoms with Crippen LogP contribution < -0.4 is 0 Å². The van der Waals surface area contributed by atoms with Crippen molar-refractivity contribution in [2.24, 2.45) is 11.8 Å². The van der Waals surface area contributed by atoms with Crippen LogP contribution in [0.1, 0.15) is 54.4 Å². The smallest absolute Gasteiger partial charge is 0.326 e. The molecular formula is C19H36N2O4S. The SMILES string of the molecule is CSCC[C@H](C)C(=O)N(CC(=O)N(C)[C@@H](CC(C)C)C(=O)O)C(C)(C)C. The third kappa shape index (κ3) is 7.98. The Hall–Kier alpha value is -1.24. The van der Waals surface area contributed by atoms with E-state index in [1.165, 1.54) is 11.9 Å². The number of hydrogen-bond acceptors (Lipinski definition) is 4. The number of amides is 2. The van der Waals surface area contributed by atoms with Crippen LogP contribution in [0.4, 0.5) is 0 Å². The molecule has 152 valence electrons. The van der Waals surface area contributed by atoms with Gasteiger partial charge in [-0.25, -0.2) is 4.79 Å². The molecule has 2 amide bonds. The van der Waals surface area contributed by atoms with Gasteiger partial charge in [-0.15, -0.1) is 0 Å². The van der Waals surface area contributed by atoms with Crippen molar-refractivity contribution in [3.05, 3.63) is 0 Å². The summed E-state index contributed by atoms with van der Waals surface area (Å²) in [5.41, 5.74) is -0.516. The summed E-state index contributed by atoms with van der Waals surface area (Å²) in [5.74, 6) is -0.572. The Kier molecular flexibility index (Phi) is 10.3. The number of carboxylic acid groups (broad SMARTS) is 1. The molecule has 0 rings (SSSR count). The van der Waals surface area contributed by atoms with Crippen LogP contribution >= 0.6 is 11.8 Å². The van der Waals surface area contributed by atoms with E-state index in [0.717, 1.165) is 12.2 Å². The minimum Gasteiger partial charge on any atom is -0.480 e. The van der Waals surface area contributed by atoms with Crippen molar-refractivity contribution >= 4 is 29.5 Å². The summed E-state index contributed by atoms with van der Waals surface area (Å²) in [6, 6.07) is -0.881. The molecule has 0 saturated heterocycles. The van der Waals surface area contributed by atoms with Crippen molar-refractivity contribution in [3.63, 3.8) is 0 Å². The largest absolute Gasteiger partial charge is 0.480 e. The standard InChI is InChI=1S/C19H36N2O4S/c1-13(2)11-15(18(24)25)20(7)16(22)12-21(19(4,5)6)17(23)14(3)9-10-26-8/h13-15H,9-12H2,1-8H3,(H,24,25)/t14-,15-/m0/s1. The average Bonchev–Trinajstić information content (AvgIpc) is 2.52. The third-order valence-corrected chi connectivity index (χ3v) is 5.03. The van der Waals surface area contributed by atoms with E-state index in [9.17, 15) is 19.5 Å². The van der Waals surface area contributed by atoms with Gasteiger partial charge in [0.2, 0.25) is 11.8 Å². The summed E-state index contributed by atoms with van der Waals surface area (Å²) >= 11 is 1.69. The Bertz CT molecular complexity index is 488. The number of carboxylic acids is 1. The van der Waals surface area contributed by atoms with Crippen molar-refractivity contribution in [3.8, 4) is 0 Å². The first kappa shape index (κ1) is 24.8. The number of rotatable bonds is 10. The maximum atomic E-state index is 12.9. The van der Waals surface area contributed by atoms with Crippen molar-refractivity contribution < 1.29 is 19.5 Å². The van der Waals surface area contributed by atoms with Gasteiger partial charge in [-0.05, 0) is 51.5 Å². The van der Waals surface area contributed by atoms with Gasteiger partial charge in [-0.2, -0.15) is 11.8 Å². The highest BCUT2D eigenvalue weighted by atomic mass is 32.2. The zero-order valence-electron chi connectivity index (χ0n) is 17.5. The topological polar surface area (TPSA) is 77.9 Å². The fourth-order valence-electron chi connectivity index (χ4n) is 2.62. The van der Waals surface area contributed by atoms with E-state index in [2.05, 4.69) is 0 Å². The van der Waals surface area contributed by atoms with E-state index in [1.807, 2.05) is 47.8 Å². The molecule has 0 aliphatic carbocycles. The quantitative estimate of drug-likeness (QED) is 0.622. The summed E-state index contributed by atoms with van der Waals surface area (Å²) in [4.78, 5) is 40.0. The van der Waals surface area contributed by atoms with Crippen LogP contribution in [0.15, 0.2) is 0 Å². The number of thioether (sulfide) groups is 1. The molecular weight excluding hydrogens is 352 g/mol. The molecule has 0 aromatic heterocycles. The molecule has 1 N–H and O–H groups in total. The van der Waals surface area contributed by atoms with Gasteiger partial charge in [0.05, 0.1) is 0 Å². The highest BCUT2D eigenvalue weighted by Gasteiger charge is 2.34. The number of hydrogen-bond donors (Lipinski definition) is 1. The zero-order chi connectivity index (χ0) is 20.7. The molecule has 0 heterocycles. The number of likely N-dealkylation sites (N-methyl/N-ethyl adjacent to an activating group) is 1. The van der Waals surface area contributed by atoms with Gasteiger partial charge in [0, 0.05) is 18.5 Å². The van der Waals surface area contributed by atoms with E-state index >= 15 is 0 Å². The minimum absolute atomic E-state index is 0.0657. The summed E-state index contributed by atoms with van der Waals surface area (Å²) in [5, 5.41) is 9.45. The van der Waals surface area contributed by atoms with Gasteiger partial charge in [0.1, 0.15) is 12.6 Å².